The molecule has 3 aromatic carbocycles. The van der Waals surface area contributed by atoms with E-state index >= 15 is 0 Å². The molecule has 0 atom stereocenters. The molecule has 2 N–H and O–H groups in total. The van der Waals surface area contributed by atoms with Crippen molar-refractivity contribution in [1.82, 2.24) is 14.9 Å². The van der Waals surface area contributed by atoms with Gasteiger partial charge in [0.2, 0.25) is 0 Å². The molecule has 1 saturated heterocycles. The summed E-state index contributed by atoms with van der Waals surface area (Å²) in [6.45, 7) is 6.23. The van der Waals surface area contributed by atoms with Crippen LogP contribution in [-0.2, 0) is 11.3 Å². The summed E-state index contributed by atoms with van der Waals surface area (Å²) in [5.74, 6) is 1.18. The number of rotatable bonds is 7. The van der Waals surface area contributed by atoms with Crippen molar-refractivity contribution in [2.24, 2.45) is 0 Å². The molecule has 7 nitrogen and oxygen atoms in total. The fourth-order valence-electron chi connectivity index (χ4n) is 4.19. The normalized spacial score (nSPS) is 13.8. The van der Waals surface area contributed by atoms with Gasteiger partial charge in [0, 0.05) is 48.2 Å². The van der Waals surface area contributed by atoms with Crippen molar-refractivity contribution in [2.75, 3.05) is 36.9 Å². The number of carbonyl (C=O) groups is 1. The van der Waals surface area contributed by atoms with Gasteiger partial charge >= 0.3 is 0 Å². The zero-order valence-corrected chi connectivity index (χ0v) is 20.3. The van der Waals surface area contributed by atoms with Crippen molar-refractivity contribution in [2.45, 2.75) is 13.5 Å². The number of hydrogen-bond acceptors (Lipinski definition) is 6. The van der Waals surface area contributed by atoms with Crippen molar-refractivity contribution >= 4 is 23.1 Å². The molecule has 0 bridgehead atoms. The minimum absolute atomic E-state index is 0.163. The molecule has 5 rings (SSSR count). The van der Waals surface area contributed by atoms with Gasteiger partial charge in [-0.3, -0.25) is 9.69 Å². The third kappa shape index (κ3) is 6.13. The first-order chi connectivity index (χ1) is 17.6. The first-order valence-electron chi connectivity index (χ1n) is 12.1. The van der Waals surface area contributed by atoms with Gasteiger partial charge in [0.05, 0.1) is 18.9 Å². The maximum atomic E-state index is 12.9. The lowest BCUT2D eigenvalue weighted by molar-refractivity contribution is 0.0342. The summed E-state index contributed by atoms with van der Waals surface area (Å²) in [7, 11) is 0. The molecule has 0 radical (unpaired) electrons. The van der Waals surface area contributed by atoms with E-state index in [0.29, 0.717) is 17.2 Å². The number of aryl methyl sites for hydroxylation is 1. The van der Waals surface area contributed by atoms with E-state index in [-0.39, 0.29) is 5.91 Å². The highest BCUT2D eigenvalue weighted by molar-refractivity contribution is 6.04. The number of aromatic nitrogens is 2. The molecule has 1 fully saturated rings. The summed E-state index contributed by atoms with van der Waals surface area (Å²) in [5.41, 5.74) is 5.19. The Balaban J connectivity index is 1.24. The van der Waals surface area contributed by atoms with Gasteiger partial charge in [0.25, 0.3) is 5.91 Å². The summed E-state index contributed by atoms with van der Waals surface area (Å²) in [6, 6.07) is 27.3. The van der Waals surface area contributed by atoms with Crippen LogP contribution in [0.4, 0.5) is 17.2 Å². The Hall–Kier alpha value is -4.07. The SMILES string of the molecule is Cc1nc(Nc2cccc(C(=O)Nc3ccc(CN4CCOCC4)cc3)c2)cc(-c2ccccc2)n1. The van der Waals surface area contributed by atoms with E-state index in [1.807, 2.05) is 73.7 Å². The summed E-state index contributed by atoms with van der Waals surface area (Å²) >= 11 is 0. The van der Waals surface area contributed by atoms with Crippen LogP contribution in [0, 0.1) is 6.92 Å². The van der Waals surface area contributed by atoms with E-state index in [1.54, 1.807) is 6.07 Å². The Morgan fingerprint density at radius 2 is 1.67 bits per heavy atom. The van der Waals surface area contributed by atoms with Crippen LogP contribution in [0.2, 0.25) is 0 Å². The number of amides is 1. The standard InChI is InChI=1S/C29H29N5O2/c1-21-30-27(23-6-3-2-4-7-23)19-28(31-21)32-26-9-5-8-24(18-26)29(35)33-25-12-10-22(11-13-25)20-34-14-16-36-17-15-34/h2-13,18-19H,14-17,20H2,1H3,(H,33,35)(H,30,31,32). The quantitative estimate of drug-likeness (QED) is 0.375. The lowest BCUT2D eigenvalue weighted by Crippen LogP contribution is -2.35. The van der Waals surface area contributed by atoms with Gasteiger partial charge in [-0.1, -0.05) is 48.5 Å². The molecule has 4 aromatic rings. The minimum atomic E-state index is -0.163. The smallest absolute Gasteiger partial charge is 0.255 e. The van der Waals surface area contributed by atoms with E-state index < -0.39 is 0 Å². The van der Waals surface area contributed by atoms with E-state index in [4.69, 9.17) is 4.74 Å². The number of ether oxygens (including phenoxy) is 1. The van der Waals surface area contributed by atoms with Crippen molar-refractivity contribution in [3.8, 4) is 11.3 Å². The second kappa shape index (κ2) is 11.1. The number of hydrogen-bond donors (Lipinski definition) is 2. The molecule has 1 aromatic heterocycles. The van der Waals surface area contributed by atoms with Crippen LogP contribution in [0.25, 0.3) is 11.3 Å². The van der Waals surface area contributed by atoms with Gasteiger partial charge < -0.3 is 15.4 Å². The molecular formula is C29H29N5O2. The zero-order valence-electron chi connectivity index (χ0n) is 20.3. The van der Waals surface area contributed by atoms with E-state index in [1.165, 1.54) is 5.56 Å². The van der Waals surface area contributed by atoms with Gasteiger partial charge in [-0.25, -0.2) is 9.97 Å². The average Bonchev–Trinajstić information content (AvgIpc) is 2.91. The van der Waals surface area contributed by atoms with Crippen molar-refractivity contribution in [3.63, 3.8) is 0 Å². The number of nitrogens with zero attached hydrogens (tertiary/aromatic N) is 3. The average molecular weight is 480 g/mol. The second-order valence-corrected chi connectivity index (χ2v) is 8.80. The minimum Gasteiger partial charge on any atom is -0.379 e. The molecule has 0 aliphatic carbocycles. The van der Waals surface area contributed by atoms with E-state index in [9.17, 15) is 4.79 Å². The molecule has 0 spiro atoms. The van der Waals surface area contributed by atoms with Gasteiger partial charge in [0.1, 0.15) is 11.6 Å². The van der Waals surface area contributed by atoms with E-state index in [0.717, 1.165) is 55.5 Å². The fraction of sp³-hybridized carbons (Fsp3) is 0.207. The Labute approximate surface area is 211 Å². The molecule has 0 unspecified atom stereocenters. The summed E-state index contributed by atoms with van der Waals surface area (Å²) in [6.07, 6.45) is 0. The predicted molar refractivity (Wildman–Crippen MR) is 142 cm³/mol. The Morgan fingerprint density at radius 1 is 0.889 bits per heavy atom. The van der Waals surface area contributed by atoms with Crippen molar-refractivity contribution in [1.29, 1.82) is 0 Å². The molecule has 1 amide bonds. The first kappa shape index (κ1) is 23.7. The molecule has 0 saturated carbocycles. The van der Waals surface area contributed by atoms with Crippen molar-refractivity contribution < 1.29 is 9.53 Å². The largest absolute Gasteiger partial charge is 0.379 e. The van der Waals surface area contributed by atoms with Gasteiger partial charge in [-0.15, -0.1) is 0 Å². The van der Waals surface area contributed by atoms with E-state index in [2.05, 4.69) is 37.6 Å². The predicted octanol–water partition coefficient (Wildman–Crippen LogP) is 5.28. The van der Waals surface area contributed by atoms with Gasteiger partial charge in [-0.2, -0.15) is 0 Å². The molecule has 182 valence electrons. The summed E-state index contributed by atoms with van der Waals surface area (Å²) < 4.78 is 5.41. The second-order valence-electron chi connectivity index (χ2n) is 8.80. The number of nitrogens with one attached hydrogen (secondary N) is 2. The highest BCUT2D eigenvalue weighted by Crippen LogP contribution is 2.23. The van der Waals surface area contributed by atoms with Crippen LogP contribution in [-0.4, -0.2) is 47.1 Å². The van der Waals surface area contributed by atoms with Crippen LogP contribution in [0.3, 0.4) is 0 Å². The first-order valence-corrected chi connectivity index (χ1v) is 12.1. The fourth-order valence-corrected chi connectivity index (χ4v) is 4.19. The molecule has 2 heterocycles. The monoisotopic (exact) mass is 479 g/mol. The van der Waals surface area contributed by atoms with Crippen LogP contribution in [0.5, 0.6) is 0 Å². The highest BCUT2D eigenvalue weighted by atomic mass is 16.5. The topological polar surface area (TPSA) is 79.4 Å². The van der Waals surface area contributed by atoms with Crippen LogP contribution < -0.4 is 10.6 Å². The van der Waals surface area contributed by atoms with Gasteiger partial charge in [-0.05, 0) is 42.8 Å². The highest BCUT2D eigenvalue weighted by Gasteiger charge is 2.12. The Morgan fingerprint density at radius 3 is 2.44 bits per heavy atom. The maximum Gasteiger partial charge on any atom is 0.255 e. The third-order valence-electron chi connectivity index (χ3n) is 6.03. The Kier molecular flexibility index (Phi) is 7.30. The maximum absolute atomic E-state index is 12.9. The van der Waals surface area contributed by atoms with Crippen LogP contribution in [0.1, 0.15) is 21.7 Å². The third-order valence-corrected chi connectivity index (χ3v) is 6.03. The molecule has 36 heavy (non-hydrogen) atoms. The van der Waals surface area contributed by atoms with Crippen molar-refractivity contribution in [3.05, 3.63) is 102 Å². The zero-order chi connectivity index (χ0) is 24.7. The lowest BCUT2D eigenvalue weighted by atomic mass is 10.1. The number of benzene rings is 3. The molecule has 1 aliphatic rings. The van der Waals surface area contributed by atoms with Crippen LogP contribution >= 0.6 is 0 Å². The molecular weight excluding hydrogens is 450 g/mol. The molecule has 7 heteroatoms. The lowest BCUT2D eigenvalue weighted by Gasteiger charge is -2.26. The number of carbonyl (C=O) groups excluding carboxylic acids is 1. The summed E-state index contributed by atoms with van der Waals surface area (Å²) in [4.78, 5) is 24.4. The summed E-state index contributed by atoms with van der Waals surface area (Å²) in [5, 5.41) is 6.31. The molecule has 1 aliphatic heterocycles. The number of morpholine rings is 1. The van der Waals surface area contributed by atoms with Crippen LogP contribution in [0.15, 0.2) is 84.9 Å². The Bertz CT molecular complexity index is 1320. The number of anilines is 3. The van der Waals surface area contributed by atoms with Gasteiger partial charge in [0.15, 0.2) is 0 Å².